The number of hydrogen-bond donors (Lipinski definition) is 1. The molecule has 142 valence electrons. The van der Waals surface area contributed by atoms with E-state index in [1.54, 1.807) is 18.2 Å². The summed E-state index contributed by atoms with van der Waals surface area (Å²) in [6, 6.07) is 12.3. The number of anilines is 1. The molecule has 4 rings (SSSR count). The summed E-state index contributed by atoms with van der Waals surface area (Å²) in [6.07, 6.45) is 3.22. The average molecular weight is 386 g/mol. The van der Waals surface area contributed by atoms with Crippen LogP contribution in [0, 0.1) is 0 Å². The Morgan fingerprint density at radius 3 is 2.56 bits per heavy atom. The number of carbonyl (C=O) groups is 1. The SMILES string of the molecule is O=C(Nc1ccc2c(c1)CCC2)c1ccccc1S(=O)(=O)N1CCOCC1. The van der Waals surface area contributed by atoms with Crippen molar-refractivity contribution in [2.75, 3.05) is 31.6 Å². The summed E-state index contributed by atoms with van der Waals surface area (Å²) in [7, 11) is -3.75. The standard InChI is InChI=1S/C20H22N2O4S/c23-20(21-17-9-8-15-4-3-5-16(15)14-17)18-6-1-2-7-19(18)27(24,25)22-10-12-26-13-11-22/h1-2,6-9,14H,3-5,10-13H2,(H,21,23). The second-order valence-corrected chi connectivity index (χ2v) is 8.71. The molecule has 1 amide bonds. The summed E-state index contributed by atoms with van der Waals surface area (Å²) in [5, 5.41) is 2.86. The number of carbonyl (C=O) groups excluding carboxylic acids is 1. The number of rotatable bonds is 4. The fourth-order valence-electron chi connectivity index (χ4n) is 3.65. The number of fused-ring (bicyclic) bond motifs is 1. The molecule has 2 aliphatic rings. The Hall–Kier alpha value is -2.22. The molecule has 1 saturated heterocycles. The third-order valence-corrected chi connectivity index (χ3v) is 7.03. The Labute approximate surface area is 159 Å². The molecule has 0 bridgehead atoms. The molecule has 1 aliphatic carbocycles. The van der Waals surface area contributed by atoms with Crippen LogP contribution >= 0.6 is 0 Å². The normalized spacial score (nSPS) is 17.5. The number of aryl methyl sites for hydroxylation is 2. The summed E-state index contributed by atoms with van der Waals surface area (Å²) in [5.74, 6) is -0.416. The zero-order valence-corrected chi connectivity index (χ0v) is 15.8. The van der Waals surface area contributed by atoms with Crippen molar-refractivity contribution in [2.45, 2.75) is 24.2 Å². The molecule has 0 unspecified atom stereocenters. The summed E-state index contributed by atoms with van der Waals surface area (Å²) >= 11 is 0. The molecule has 6 nitrogen and oxygen atoms in total. The Morgan fingerprint density at radius 1 is 1.00 bits per heavy atom. The second kappa shape index (κ2) is 7.42. The highest BCUT2D eigenvalue weighted by atomic mass is 32.2. The van der Waals surface area contributed by atoms with Crippen LogP contribution in [-0.2, 0) is 27.6 Å². The van der Waals surface area contributed by atoms with Crippen molar-refractivity contribution < 1.29 is 17.9 Å². The molecule has 2 aromatic carbocycles. The fourth-order valence-corrected chi connectivity index (χ4v) is 5.25. The lowest BCUT2D eigenvalue weighted by Crippen LogP contribution is -2.41. The molecule has 0 spiro atoms. The second-order valence-electron chi connectivity index (χ2n) is 6.80. The van der Waals surface area contributed by atoms with Gasteiger partial charge >= 0.3 is 0 Å². The number of nitrogens with one attached hydrogen (secondary N) is 1. The number of benzene rings is 2. The highest BCUT2D eigenvalue weighted by molar-refractivity contribution is 7.89. The third-order valence-electron chi connectivity index (χ3n) is 5.08. The lowest BCUT2D eigenvalue weighted by molar-refractivity contribution is 0.0730. The van der Waals surface area contributed by atoms with Gasteiger partial charge in [-0.2, -0.15) is 4.31 Å². The molecule has 1 fully saturated rings. The topological polar surface area (TPSA) is 75.7 Å². The maximum atomic E-state index is 13.0. The van der Waals surface area contributed by atoms with E-state index in [4.69, 9.17) is 4.74 Å². The number of ether oxygens (including phenoxy) is 1. The van der Waals surface area contributed by atoms with Gasteiger partial charge < -0.3 is 10.1 Å². The Morgan fingerprint density at radius 2 is 1.74 bits per heavy atom. The largest absolute Gasteiger partial charge is 0.379 e. The van der Waals surface area contributed by atoms with Gasteiger partial charge in [0, 0.05) is 18.8 Å². The van der Waals surface area contributed by atoms with Gasteiger partial charge in [-0.25, -0.2) is 8.42 Å². The highest BCUT2D eigenvalue weighted by Crippen LogP contribution is 2.26. The molecule has 1 N–H and O–H groups in total. The van der Waals surface area contributed by atoms with E-state index in [0.717, 1.165) is 19.3 Å². The number of hydrogen-bond acceptors (Lipinski definition) is 4. The van der Waals surface area contributed by atoms with Crippen molar-refractivity contribution in [1.82, 2.24) is 4.31 Å². The van der Waals surface area contributed by atoms with Gasteiger partial charge in [0.15, 0.2) is 0 Å². The monoisotopic (exact) mass is 386 g/mol. The van der Waals surface area contributed by atoms with Crippen molar-refractivity contribution >= 4 is 21.6 Å². The zero-order chi connectivity index (χ0) is 18.9. The molecule has 2 aromatic rings. The van der Waals surface area contributed by atoms with Crippen LogP contribution in [-0.4, -0.2) is 44.9 Å². The van der Waals surface area contributed by atoms with Crippen LogP contribution in [0.5, 0.6) is 0 Å². The predicted molar refractivity (Wildman–Crippen MR) is 102 cm³/mol. The van der Waals surface area contributed by atoms with Gasteiger partial charge in [0.1, 0.15) is 0 Å². The molecule has 27 heavy (non-hydrogen) atoms. The minimum absolute atomic E-state index is 0.0329. The quantitative estimate of drug-likeness (QED) is 0.876. The van der Waals surface area contributed by atoms with E-state index in [0.29, 0.717) is 32.0 Å². The van der Waals surface area contributed by atoms with Crippen LogP contribution in [0.1, 0.15) is 27.9 Å². The molecule has 0 aromatic heterocycles. The van der Waals surface area contributed by atoms with E-state index in [9.17, 15) is 13.2 Å². The van der Waals surface area contributed by atoms with Gasteiger partial charge in [-0.3, -0.25) is 4.79 Å². The van der Waals surface area contributed by atoms with Crippen molar-refractivity contribution in [2.24, 2.45) is 0 Å². The van der Waals surface area contributed by atoms with E-state index in [2.05, 4.69) is 5.32 Å². The van der Waals surface area contributed by atoms with Gasteiger partial charge in [0.2, 0.25) is 10.0 Å². The van der Waals surface area contributed by atoms with E-state index >= 15 is 0 Å². The first-order valence-electron chi connectivity index (χ1n) is 9.16. The summed E-state index contributed by atoms with van der Waals surface area (Å²) in [5.41, 5.74) is 3.43. The molecule has 0 saturated carbocycles. The van der Waals surface area contributed by atoms with Crippen LogP contribution in [0.3, 0.4) is 0 Å². The van der Waals surface area contributed by atoms with Crippen LogP contribution in [0.15, 0.2) is 47.4 Å². The first-order chi connectivity index (χ1) is 13.1. The van der Waals surface area contributed by atoms with E-state index in [1.165, 1.54) is 21.5 Å². The minimum atomic E-state index is -3.75. The molecule has 0 radical (unpaired) electrons. The van der Waals surface area contributed by atoms with Crippen molar-refractivity contribution in [3.63, 3.8) is 0 Å². The third kappa shape index (κ3) is 3.63. The summed E-state index contributed by atoms with van der Waals surface area (Å²) in [6.45, 7) is 1.32. The molecule has 1 heterocycles. The van der Waals surface area contributed by atoms with Crippen LogP contribution in [0.2, 0.25) is 0 Å². The molecule has 1 aliphatic heterocycles. The Kier molecular flexibility index (Phi) is 4.99. The summed E-state index contributed by atoms with van der Waals surface area (Å²) in [4.78, 5) is 12.9. The van der Waals surface area contributed by atoms with Crippen LogP contribution < -0.4 is 5.32 Å². The molecule has 0 atom stereocenters. The van der Waals surface area contributed by atoms with Gasteiger partial charge in [0.05, 0.1) is 23.7 Å². The molecular formula is C20H22N2O4S. The van der Waals surface area contributed by atoms with Crippen molar-refractivity contribution in [3.05, 3.63) is 59.2 Å². The maximum Gasteiger partial charge on any atom is 0.257 e. The average Bonchev–Trinajstić information content (AvgIpc) is 3.16. The number of nitrogens with zero attached hydrogens (tertiary/aromatic N) is 1. The maximum absolute atomic E-state index is 13.0. The molecular weight excluding hydrogens is 364 g/mol. The van der Waals surface area contributed by atoms with Crippen LogP contribution in [0.25, 0.3) is 0 Å². The predicted octanol–water partition coefficient (Wildman–Crippen LogP) is 2.45. The van der Waals surface area contributed by atoms with E-state index in [1.807, 2.05) is 18.2 Å². The smallest absolute Gasteiger partial charge is 0.257 e. The zero-order valence-electron chi connectivity index (χ0n) is 15.0. The first kappa shape index (κ1) is 18.2. The van der Waals surface area contributed by atoms with Gasteiger partial charge in [-0.05, 0) is 54.7 Å². The lowest BCUT2D eigenvalue weighted by Gasteiger charge is -2.26. The van der Waals surface area contributed by atoms with E-state index < -0.39 is 15.9 Å². The fraction of sp³-hybridized carbons (Fsp3) is 0.350. The summed E-state index contributed by atoms with van der Waals surface area (Å²) < 4.78 is 32.6. The van der Waals surface area contributed by atoms with Gasteiger partial charge in [0.25, 0.3) is 5.91 Å². The lowest BCUT2D eigenvalue weighted by atomic mass is 10.1. The van der Waals surface area contributed by atoms with E-state index in [-0.39, 0.29) is 10.5 Å². The van der Waals surface area contributed by atoms with Gasteiger partial charge in [-0.15, -0.1) is 0 Å². The number of sulfonamides is 1. The van der Waals surface area contributed by atoms with Crippen molar-refractivity contribution in [3.8, 4) is 0 Å². The minimum Gasteiger partial charge on any atom is -0.379 e. The highest BCUT2D eigenvalue weighted by Gasteiger charge is 2.30. The number of morpholine rings is 1. The van der Waals surface area contributed by atoms with Crippen LogP contribution in [0.4, 0.5) is 5.69 Å². The van der Waals surface area contributed by atoms with Crippen molar-refractivity contribution in [1.29, 1.82) is 0 Å². The molecule has 7 heteroatoms. The van der Waals surface area contributed by atoms with Gasteiger partial charge in [-0.1, -0.05) is 18.2 Å². The Bertz CT molecular complexity index is 966. The first-order valence-corrected chi connectivity index (χ1v) is 10.6. The number of amides is 1. The Balaban J connectivity index is 1.61.